The van der Waals surface area contributed by atoms with Crippen LogP contribution in [0.2, 0.25) is 0 Å². The number of hydrogen-bond donors (Lipinski definition) is 2. The average Bonchev–Trinajstić information content (AvgIpc) is 2.69. The van der Waals surface area contributed by atoms with Gasteiger partial charge in [0.1, 0.15) is 0 Å². The summed E-state index contributed by atoms with van der Waals surface area (Å²) in [6.07, 6.45) is 1.66. The number of benzene rings is 2. The molecule has 29 heavy (non-hydrogen) atoms. The van der Waals surface area contributed by atoms with E-state index in [1.54, 1.807) is 30.5 Å². The third-order valence-electron chi connectivity index (χ3n) is 4.14. The van der Waals surface area contributed by atoms with Crippen molar-refractivity contribution in [1.29, 1.82) is 0 Å². The molecule has 2 N–H and O–H groups in total. The van der Waals surface area contributed by atoms with Crippen molar-refractivity contribution < 1.29 is 13.2 Å². The Morgan fingerprint density at radius 2 is 1.59 bits per heavy atom. The maximum Gasteiger partial charge on any atom is 0.261 e. The van der Waals surface area contributed by atoms with Crippen molar-refractivity contribution in [1.82, 2.24) is 10.2 Å². The zero-order valence-electron chi connectivity index (χ0n) is 16.2. The quantitative estimate of drug-likeness (QED) is 0.575. The molecule has 150 valence electrons. The zero-order valence-corrected chi connectivity index (χ0v) is 17.1. The third-order valence-corrected chi connectivity index (χ3v) is 5.53. The molecule has 0 saturated heterocycles. The Hall–Kier alpha value is -3.46. The van der Waals surface area contributed by atoms with Crippen LogP contribution < -0.4 is 14.9 Å². The first kappa shape index (κ1) is 20.3. The van der Waals surface area contributed by atoms with Crippen molar-refractivity contribution in [2.24, 2.45) is 0 Å². The Morgan fingerprint density at radius 3 is 2.17 bits per heavy atom. The SMILES string of the molecule is CC(=O)c1ccc(S(=O)(=O)Nc2ccc(Nc3cc(N(C)C)cnn3)cc2)cc1. The number of nitrogens with one attached hydrogen (secondary N) is 2. The summed E-state index contributed by atoms with van der Waals surface area (Å²) >= 11 is 0. The Balaban J connectivity index is 1.71. The van der Waals surface area contributed by atoms with Crippen molar-refractivity contribution in [3.8, 4) is 0 Å². The highest BCUT2D eigenvalue weighted by Crippen LogP contribution is 2.22. The van der Waals surface area contributed by atoms with Crippen molar-refractivity contribution in [2.75, 3.05) is 29.0 Å². The molecule has 9 heteroatoms. The fourth-order valence-electron chi connectivity index (χ4n) is 2.51. The number of aromatic nitrogens is 2. The van der Waals surface area contributed by atoms with Crippen LogP contribution in [0.15, 0.2) is 65.7 Å². The summed E-state index contributed by atoms with van der Waals surface area (Å²) in [7, 11) is 0.0719. The summed E-state index contributed by atoms with van der Waals surface area (Å²) in [5.41, 5.74) is 2.52. The van der Waals surface area contributed by atoms with Crippen molar-refractivity contribution in [2.45, 2.75) is 11.8 Å². The molecule has 0 aliphatic heterocycles. The molecule has 0 bridgehead atoms. The monoisotopic (exact) mass is 411 g/mol. The van der Waals surface area contributed by atoms with Gasteiger partial charge >= 0.3 is 0 Å². The molecule has 0 radical (unpaired) electrons. The van der Waals surface area contributed by atoms with Gasteiger partial charge in [0.25, 0.3) is 10.0 Å². The first-order chi connectivity index (χ1) is 13.7. The second-order valence-electron chi connectivity index (χ2n) is 6.58. The number of hydrogen-bond acceptors (Lipinski definition) is 7. The van der Waals surface area contributed by atoms with Crippen molar-refractivity contribution in [3.63, 3.8) is 0 Å². The summed E-state index contributed by atoms with van der Waals surface area (Å²) in [6.45, 7) is 1.43. The van der Waals surface area contributed by atoms with E-state index in [1.165, 1.54) is 31.2 Å². The summed E-state index contributed by atoms with van der Waals surface area (Å²) in [5.74, 6) is 0.459. The molecule has 0 fully saturated rings. The van der Waals surface area contributed by atoms with Gasteiger partial charge in [0.05, 0.1) is 16.8 Å². The van der Waals surface area contributed by atoms with Gasteiger partial charge in [-0.2, -0.15) is 5.10 Å². The molecule has 1 heterocycles. The summed E-state index contributed by atoms with van der Waals surface area (Å²) in [5, 5.41) is 11.1. The first-order valence-electron chi connectivity index (χ1n) is 8.75. The lowest BCUT2D eigenvalue weighted by molar-refractivity contribution is 0.101. The molecular weight excluding hydrogens is 390 g/mol. The molecule has 0 amide bonds. The maximum absolute atomic E-state index is 12.5. The van der Waals surface area contributed by atoms with Gasteiger partial charge < -0.3 is 10.2 Å². The van der Waals surface area contributed by atoms with Gasteiger partial charge in [-0.3, -0.25) is 9.52 Å². The normalized spacial score (nSPS) is 11.0. The molecule has 1 aromatic heterocycles. The summed E-state index contributed by atoms with van der Waals surface area (Å²) < 4.78 is 27.6. The average molecular weight is 411 g/mol. The summed E-state index contributed by atoms with van der Waals surface area (Å²) in [4.78, 5) is 13.3. The molecule has 0 saturated carbocycles. The van der Waals surface area contributed by atoms with Crippen LogP contribution >= 0.6 is 0 Å². The van der Waals surface area contributed by atoms with Gasteiger partial charge in [0, 0.05) is 37.1 Å². The van der Waals surface area contributed by atoms with Gasteiger partial charge in [-0.15, -0.1) is 5.10 Å². The van der Waals surface area contributed by atoms with Crippen molar-refractivity contribution in [3.05, 3.63) is 66.4 Å². The van der Waals surface area contributed by atoms with E-state index in [0.717, 1.165) is 11.4 Å². The van der Waals surface area contributed by atoms with Crippen LogP contribution in [0.25, 0.3) is 0 Å². The standard InChI is InChI=1S/C20H21N5O3S/c1-14(26)15-4-10-19(11-5-15)29(27,28)24-17-8-6-16(7-9-17)22-20-12-18(25(2)3)13-21-23-20/h4-13,24H,1-3H3,(H,22,23). The molecule has 3 rings (SSSR count). The molecule has 0 atom stereocenters. The van der Waals surface area contributed by atoms with E-state index in [2.05, 4.69) is 20.2 Å². The molecule has 8 nitrogen and oxygen atoms in total. The van der Waals surface area contributed by atoms with Gasteiger partial charge in [-0.1, -0.05) is 12.1 Å². The Kier molecular flexibility index (Phi) is 5.79. The van der Waals surface area contributed by atoms with E-state index in [1.807, 2.05) is 25.1 Å². The Labute approximate surface area is 169 Å². The van der Waals surface area contributed by atoms with Gasteiger partial charge in [-0.25, -0.2) is 8.42 Å². The predicted octanol–water partition coefficient (Wildman–Crippen LogP) is 3.29. The number of anilines is 4. The van der Waals surface area contributed by atoms with Crippen LogP contribution in [0, 0.1) is 0 Å². The van der Waals surface area contributed by atoms with Crippen LogP contribution in [0.5, 0.6) is 0 Å². The van der Waals surface area contributed by atoms with Crippen LogP contribution in [0.1, 0.15) is 17.3 Å². The molecular formula is C20H21N5O3S. The minimum absolute atomic E-state index is 0.0838. The largest absolute Gasteiger partial charge is 0.376 e. The van der Waals surface area contributed by atoms with E-state index in [4.69, 9.17) is 0 Å². The maximum atomic E-state index is 12.5. The first-order valence-corrected chi connectivity index (χ1v) is 10.2. The van der Waals surface area contributed by atoms with Gasteiger partial charge in [-0.05, 0) is 43.3 Å². The molecule has 3 aromatic rings. The molecule has 0 aliphatic carbocycles. The molecule has 0 unspecified atom stereocenters. The number of carbonyl (C=O) groups excluding carboxylic acids is 1. The number of rotatable bonds is 7. The number of Topliss-reactive ketones (excluding diaryl/α,β-unsaturated/α-hetero) is 1. The lowest BCUT2D eigenvalue weighted by Crippen LogP contribution is -2.13. The smallest absolute Gasteiger partial charge is 0.261 e. The minimum Gasteiger partial charge on any atom is -0.376 e. The van der Waals surface area contributed by atoms with Gasteiger partial charge in [0.15, 0.2) is 11.6 Å². The van der Waals surface area contributed by atoms with E-state index >= 15 is 0 Å². The fraction of sp³-hybridized carbons (Fsp3) is 0.150. The second-order valence-corrected chi connectivity index (χ2v) is 8.26. The van der Waals surface area contributed by atoms with Crippen LogP contribution in [0.4, 0.5) is 22.9 Å². The second kappa shape index (κ2) is 8.27. The third kappa shape index (κ3) is 5.08. The number of sulfonamides is 1. The molecule has 2 aromatic carbocycles. The highest BCUT2D eigenvalue weighted by Gasteiger charge is 2.14. The van der Waals surface area contributed by atoms with Crippen LogP contribution in [-0.4, -0.2) is 38.5 Å². The van der Waals surface area contributed by atoms with E-state index < -0.39 is 10.0 Å². The molecule has 0 aliphatic rings. The number of carbonyl (C=O) groups is 1. The summed E-state index contributed by atoms with van der Waals surface area (Å²) in [6, 6.07) is 14.4. The predicted molar refractivity (Wildman–Crippen MR) is 113 cm³/mol. The van der Waals surface area contributed by atoms with Gasteiger partial charge in [0.2, 0.25) is 0 Å². The zero-order chi connectivity index (χ0) is 21.0. The van der Waals surface area contributed by atoms with E-state index in [-0.39, 0.29) is 10.7 Å². The Bertz CT molecular complexity index is 1110. The highest BCUT2D eigenvalue weighted by atomic mass is 32.2. The number of nitrogens with zero attached hydrogens (tertiary/aromatic N) is 3. The minimum atomic E-state index is -3.75. The van der Waals surface area contributed by atoms with E-state index in [0.29, 0.717) is 17.1 Å². The molecule has 0 spiro atoms. The lowest BCUT2D eigenvalue weighted by Gasteiger charge is -2.13. The fourth-order valence-corrected chi connectivity index (χ4v) is 3.57. The highest BCUT2D eigenvalue weighted by molar-refractivity contribution is 7.92. The van der Waals surface area contributed by atoms with Crippen LogP contribution in [-0.2, 0) is 10.0 Å². The lowest BCUT2D eigenvalue weighted by atomic mass is 10.2. The number of ketones is 1. The van der Waals surface area contributed by atoms with Crippen molar-refractivity contribution >= 4 is 38.7 Å². The van der Waals surface area contributed by atoms with Crippen LogP contribution in [0.3, 0.4) is 0 Å². The van der Waals surface area contributed by atoms with E-state index in [9.17, 15) is 13.2 Å². The topological polar surface area (TPSA) is 104 Å². The Morgan fingerprint density at radius 1 is 0.966 bits per heavy atom.